The quantitative estimate of drug-likeness (QED) is 0.486. The molecule has 0 aromatic heterocycles. The van der Waals surface area contributed by atoms with E-state index in [0.717, 1.165) is 17.1 Å². The number of methoxy groups -OCH3 is 1. The van der Waals surface area contributed by atoms with Crippen LogP contribution in [-0.2, 0) is 4.79 Å². The Hall–Kier alpha value is -1.50. The third-order valence-electron chi connectivity index (χ3n) is 3.79. The summed E-state index contributed by atoms with van der Waals surface area (Å²) in [6.45, 7) is 1.68. The molecular formula is C19H19ClO4S2. The van der Waals surface area contributed by atoms with Crippen molar-refractivity contribution in [3.05, 3.63) is 52.5 Å². The molecule has 2 aromatic rings. The van der Waals surface area contributed by atoms with Gasteiger partial charge < -0.3 is 14.2 Å². The summed E-state index contributed by atoms with van der Waals surface area (Å²) in [7, 11) is 1.57. The number of hydrogen-bond donors (Lipinski definition) is 0. The maximum atomic E-state index is 12.1. The van der Waals surface area contributed by atoms with E-state index in [9.17, 15) is 4.79 Å². The molecule has 1 aliphatic heterocycles. The van der Waals surface area contributed by atoms with E-state index in [-0.39, 0.29) is 6.61 Å². The number of benzene rings is 2. The average molecular weight is 411 g/mol. The Morgan fingerprint density at radius 3 is 2.62 bits per heavy atom. The first-order chi connectivity index (χ1) is 12.6. The lowest BCUT2D eigenvalue weighted by Crippen LogP contribution is -2.18. The van der Waals surface area contributed by atoms with Gasteiger partial charge in [0, 0.05) is 16.5 Å². The highest BCUT2D eigenvalue weighted by atomic mass is 35.5. The maximum absolute atomic E-state index is 12.1. The van der Waals surface area contributed by atoms with Crippen LogP contribution >= 0.6 is 35.1 Å². The number of esters is 1. The van der Waals surface area contributed by atoms with Crippen LogP contribution in [0.15, 0.2) is 36.4 Å². The van der Waals surface area contributed by atoms with Crippen molar-refractivity contribution < 1.29 is 19.0 Å². The number of ether oxygens (including phenoxy) is 3. The van der Waals surface area contributed by atoms with Crippen LogP contribution in [0.5, 0.6) is 17.2 Å². The Morgan fingerprint density at radius 1 is 1.15 bits per heavy atom. The Balaban J connectivity index is 1.61. The van der Waals surface area contributed by atoms with Gasteiger partial charge in [0.2, 0.25) is 0 Å². The third kappa shape index (κ3) is 4.81. The molecule has 0 saturated carbocycles. The standard InChI is InChI=1S/C19H19ClO4S2/c1-12-9-14(4-5-15(12)20)23-11-18(21)24-16-6-3-13(10-17(16)22-2)19-25-7-8-26-19/h3-6,9-10,19H,7-8,11H2,1-2H3. The SMILES string of the molecule is COc1cc(C2SCCS2)ccc1OC(=O)COc1ccc(Cl)c(C)c1. The Labute approximate surface area is 166 Å². The van der Waals surface area contributed by atoms with Gasteiger partial charge >= 0.3 is 5.97 Å². The van der Waals surface area contributed by atoms with E-state index in [2.05, 4.69) is 0 Å². The lowest BCUT2D eigenvalue weighted by Gasteiger charge is -2.14. The third-order valence-corrected chi connectivity index (χ3v) is 7.32. The van der Waals surface area contributed by atoms with Crippen LogP contribution < -0.4 is 14.2 Å². The molecule has 0 bridgehead atoms. The van der Waals surface area contributed by atoms with Crippen molar-refractivity contribution in [2.45, 2.75) is 11.5 Å². The topological polar surface area (TPSA) is 44.8 Å². The first-order valence-electron chi connectivity index (χ1n) is 8.07. The van der Waals surface area contributed by atoms with Crippen LogP contribution in [0, 0.1) is 6.92 Å². The molecule has 4 nitrogen and oxygen atoms in total. The van der Waals surface area contributed by atoms with Crippen LogP contribution in [-0.4, -0.2) is 31.2 Å². The molecule has 138 valence electrons. The van der Waals surface area contributed by atoms with Gasteiger partial charge in [-0.25, -0.2) is 4.79 Å². The fourth-order valence-corrected chi connectivity index (χ4v) is 5.42. The zero-order chi connectivity index (χ0) is 18.5. The van der Waals surface area contributed by atoms with E-state index >= 15 is 0 Å². The van der Waals surface area contributed by atoms with E-state index in [4.69, 9.17) is 25.8 Å². The minimum Gasteiger partial charge on any atom is -0.493 e. The maximum Gasteiger partial charge on any atom is 0.349 e. The second-order valence-corrected chi connectivity index (χ2v) is 8.79. The van der Waals surface area contributed by atoms with Gasteiger partial charge in [-0.1, -0.05) is 17.7 Å². The van der Waals surface area contributed by atoms with Gasteiger partial charge in [0.1, 0.15) is 5.75 Å². The van der Waals surface area contributed by atoms with Crippen molar-refractivity contribution in [2.24, 2.45) is 0 Å². The van der Waals surface area contributed by atoms with E-state index in [0.29, 0.717) is 26.9 Å². The van der Waals surface area contributed by atoms with Crippen molar-refractivity contribution in [2.75, 3.05) is 25.2 Å². The minimum absolute atomic E-state index is 0.194. The predicted octanol–water partition coefficient (Wildman–Crippen LogP) is 5.12. The summed E-state index contributed by atoms with van der Waals surface area (Å²) in [6.07, 6.45) is 0. The van der Waals surface area contributed by atoms with Crippen molar-refractivity contribution >= 4 is 41.1 Å². The number of carbonyl (C=O) groups is 1. The Morgan fingerprint density at radius 2 is 1.92 bits per heavy atom. The van der Waals surface area contributed by atoms with Crippen LogP contribution in [0.2, 0.25) is 5.02 Å². The van der Waals surface area contributed by atoms with Gasteiger partial charge in [-0.2, -0.15) is 0 Å². The predicted molar refractivity (Wildman–Crippen MR) is 108 cm³/mol. The molecule has 0 unspecified atom stereocenters. The molecule has 3 rings (SSSR count). The minimum atomic E-state index is -0.492. The van der Waals surface area contributed by atoms with E-state index in [1.165, 1.54) is 5.56 Å². The molecule has 0 amide bonds. The van der Waals surface area contributed by atoms with Crippen molar-refractivity contribution in [1.82, 2.24) is 0 Å². The van der Waals surface area contributed by atoms with Crippen LogP contribution in [0.3, 0.4) is 0 Å². The molecule has 0 N–H and O–H groups in total. The molecule has 1 aliphatic rings. The Kier molecular flexibility index (Phi) is 6.62. The van der Waals surface area contributed by atoms with Crippen LogP contribution in [0.1, 0.15) is 15.7 Å². The first kappa shape index (κ1) is 19.3. The second kappa shape index (κ2) is 8.93. The Bertz CT molecular complexity index is 791. The summed E-state index contributed by atoms with van der Waals surface area (Å²) < 4.78 is 16.7. The lowest BCUT2D eigenvalue weighted by molar-refractivity contribution is -0.136. The summed E-state index contributed by atoms with van der Waals surface area (Å²) >= 11 is 9.80. The lowest BCUT2D eigenvalue weighted by atomic mass is 10.2. The summed E-state index contributed by atoms with van der Waals surface area (Å²) in [6, 6.07) is 10.9. The molecule has 26 heavy (non-hydrogen) atoms. The van der Waals surface area contributed by atoms with Gasteiger partial charge in [-0.05, 0) is 48.4 Å². The number of halogens is 1. The highest BCUT2D eigenvalue weighted by molar-refractivity contribution is 8.19. The van der Waals surface area contributed by atoms with E-state index in [1.54, 1.807) is 31.4 Å². The van der Waals surface area contributed by atoms with Gasteiger partial charge in [-0.3, -0.25) is 0 Å². The zero-order valence-corrected chi connectivity index (χ0v) is 16.9. The fourth-order valence-electron chi connectivity index (χ4n) is 2.47. The molecular weight excluding hydrogens is 392 g/mol. The number of aryl methyl sites for hydroxylation is 1. The van der Waals surface area contributed by atoms with Gasteiger partial charge in [0.05, 0.1) is 11.7 Å². The van der Waals surface area contributed by atoms with E-state index < -0.39 is 5.97 Å². The molecule has 2 aromatic carbocycles. The molecule has 1 saturated heterocycles. The number of hydrogen-bond acceptors (Lipinski definition) is 6. The van der Waals surface area contributed by atoms with Crippen molar-refractivity contribution in [3.8, 4) is 17.2 Å². The average Bonchev–Trinajstić information content (AvgIpc) is 3.18. The summed E-state index contributed by atoms with van der Waals surface area (Å²) in [5.74, 6) is 3.32. The summed E-state index contributed by atoms with van der Waals surface area (Å²) in [5, 5.41) is 0.656. The van der Waals surface area contributed by atoms with Crippen LogP contribution in [0.25, 0.3) is 0 Å². The monoisotopic (exact) mass is 410 g/mol. The number of rotatable bonds is 6. The second-order valence-electron chi connectivity index (χ2n) is 5.66. The van der Waals surface area contributed by atoms with Gasteiger partial charge in [-0.15, -0.1) is 23.5 Å². The van der Waals surface area contributed by atoms with E-state index in [1.807, 2.05) is 42.6 Å². The highest BCUT2D eigenvalue weighted by Crippen LogP contribution is 2.46. The van der Waals surface area contributed by atoms with Crippen molar-refractivity contribution in [1.29, 1.82) is 0 Å². The molecule has 0 atom stereocenters. The summed E-state index contributed by atoms with van der Waals surface area (Å²) in [5.41, 5.74) is 2.06. The number of thioether (sulfide) groups is 2. The normalized spacial score (nSPS) is 14.3. The van der Waals surface area contributed by atoms with Gasteiger partial charge in [0.25, 0.3) is 0 Å². The summed E-state index contributed by atoms with van der Waals surface area (Å²) in [4.78, 5) is 12.1. The molecule has 0 aliphatic carbocycles. The molecule has 1 fully saturated rings. The largest absolute Gasteiger partial charge is 0.493 e. The fraction of sp³-hybridized carbons (Fsp3) is 0.316. The smallest absolute Gasteiger partial charge is 0.349 e. The zero-order valence-electron chi connectivity index (χ0n) is 14.5. The number of carbonyl (C=O) groups excluding carboxylic acids is 1. The molecule has 0 spiro atoms. The van der Waals surface area contributed by atoms with Crippen molar-refractivity contribution in [3.63, 3.8) is 0 Å². The molecule has 0 radical (unpaired) electrons. The van der Waals surface area contributed by atoms with Crippen LogP contribution in [0.4, 0.5) is 0 Å². The highest BCUT2D eigenvalue weighted by Gasteiger charge is 2.20. The first-order valence-corrected chi connectivity index (χ1v) is 10.5. The molecule has 7 heteroatoms. The van der Waals surface area contributed by atoms with Gasteiger partial charge in [0.15, 0.2) is 18.1 Å². The molecule has 1 heterocycles.